The Balaban J connectivity index is 2.19. The van der Waals surface area contributed by atoms with E-state index in [0.29, 0.717) is 30.9 Å². The van der Waals surface area contributed by atoms with E-state index in [2.05, 4.69) is 15.4 Å². The number of carbonyl (C=O) groups is 2. The van der Waals surface area contributed by atoms with Crippen LogP contribution in [0.1, 0.15) is 16.9 Å². The van der Waals surface area contributed by atoms with Gasteiger partial charge in [0, 0.05) is 26.3 Å². The number of pyridine rings is 1. The molecule has 0 aliphatic carbocycles. The third-order valence-corrected chi connectivity index (χ3v) is 3.50. The first-order valence-corrected chi connectivity index (χ1v) is 7.75. The van der Waals surface area contributed by atoms with Crippen molar-refractivity contribution in [2.45, 2.75) is 13.0 Å². The summed E-state index contributed by atoms with van der Waals surface area (Å²) in [5.41, 5.74) is 1.62. The summed E-state index contributed by atoms with van der Waals surface area (Å²) >= 11 is 0. The number of hydrogen-bond donors (Lipinski definition) is 2. The van der Waals surface area contributed by atoms with Crippen molar-refractivity contribution in [1.29, 1.82) is 0 Å². The number of hydroxylamine groups is 2. The molecule has 2 aromatic rings. The maximum absolute atomic E-state index is 12.3. The molecule has 0 fully saturated rings. The van der Waals surface area contributed by atoms with Gasteiger partial charge in [-0.1, -0.05) is 6.07 Å². The Morgan fingerprint density at radius 2 is 2.20 bits per heavy atom. The standard InChI is InChI=1S/C16H21N5O4/c1-20(25-2)16(24)13-10-14(12-6-3-4-7-17-12)21(19-13)9-5-8-18-15(23)11-22/h3-4,6-7,10,22H,5,8-9,11H2,1-2H3,(H,18,23). The highest BCUT2D eigenvalue weighted by atomic mass is 16.7. The minimum Gasteiger partial charge on any atom is -0.387 e. The van der Waals surface area contributed by atoms with Gasteiger partial charge in [0.05, 0.1) is 18.5 Å². The second-order valence-corrected chi connectivity index (χ2v) is 5.20. The van der Waals surface area contributed by atoms with Crippen LogP contribution in [0.15, 0.2) is 30.5 Å². The van der Waals surface area contributed by atoms with Gasteiger partial charge in [0.2, 0.25) is 5.91 Å². The number of aliphatic hydroxyl groups is 1. The summed E-state index contributed by atoms with van der Waals surface area (Å²) in [6.45, 7) is 0.326. The van der Waals surface area contributed by atoms with Crippen LogP contribution >= 0.6 is 0 Å². The van der Waals surface area contributed by atoms with E-state index >= 15 is 0 Å². The zero-order chi connectivity index (χ0) is 18.2. The maximum atomic E-state index is 12.3. The molecule has 0 saturated carbocycles. The van der Waals surface area contributed by atoms with Crippen LogP contribution < -0.4 is 5.32 Å². The Hall–Kier alpha value is -2.78. The number of hydrogen-bond acceptors (Lipinski definition) is 6. The third kappa shape index (κ3) is 4.85. The zero-order valence-electron chi connectivity index (χ0n) is 14.2. The van der Waals surface area contributed by atoms with E-state index < -0.39 is 12.5 Å². The fourth-order valence-corrected chi connectivity index (χ4v) is 2.17. The monoisotopic (exact) mass is 347 g/mol. The van der Waals surface area contributed by atoms with Crippen LogP contribution in [0.2, 0.25) is 0 Å². The lowest BCUT2D eigenvalue weighted by Gasteiger charge is -2.11. The Morgan fingerprint density at radius 3 is 2.84 bits per heavy atom. The number of carbonyl (C=O) groups excluding carboxylic acids is 2. The van der Waals surface area contributed by atoms with Crippen LogP contribution in [0.4, 0.5) is 0 Å². The van der Waals surface area contributed by atoms with Crippen LogP contribution in [0, 0.1) is 0 Å². The van der Waals surface area contributed by atoms with Gasteiger partial charge in [0.25, 0.3) is 5.91 Å². The molecule has 134 valence electrons. The first-order valence-electron chi connectivity index (χ1n) is 7.75. The van der Waals surface area contributed by atoms with E-state index in [-0.39, 0.29) is 11.6 Å². The number of amides is 2. The lowest BCUT2D eigenvalue weighted by molar-refractivity contribution is -0.123. The van der Waals surface area contributed by atoms with Gasteiger partial charge in [0.1, 0.15) is 6.61 Å². The average molecular weight is 347 g/mol. The number of aromatic nitrogens is 3. The summed E-state index contributed by atoms with van der Waals surface area (Å²) < 4.78 is 1.67. The van der Waals surface area contributed by atoms with E-state index in [0.717, 1.165) is 5.06 Å². The van der Waals surface area contributed by atoms with Crippen LogP contribution in [0.3, 0.4) is 0 Å². The molecule has 0 aliphatic heterocycles. The second kappa shape index (κ2) is 8.90. The normalized spacial score (nSPS) is 10.5. The molecule has 0 spiro atoms. The van der Waals surface area contributed by atoms with Gasteiger partial charge >= 0.3 is 0 Å². The Kier molecular flexibility index (Phi) is 6.61. The SMILES string of the molecule is CON(C)C(=O)c1cc(-c2ccccn2)n(CCCNC(=O)CO)n1. The lowest BCUT2D eigenvalue weighted by atomic mass is 10.2. The molecule has 9 nitrogen and oxygen atoms in total. The summed E-state index contributed by atoms with van der Waals surface area (Å²) in [5.74, 6) is -0.796. The van der Waals surface area contributed by atoms with Gasteiger partial charge in [-0.05, 0) is 24.6 Å². The van der Waals surface area contributed by atoms with E-state index in [9.17, 15) is 9.59 Å². The van der Waals surface area contributed by atoms with E-state index in [1.165, 1.54) is 14.2 Å². The molecule has 0 bridgehead atoms. The molecule has 0 aromatic carbocycles. The van der Waals surface area contributed by atoms with Crippen molar-refractivity contribution in [3.05, 3.63) is 36.2 Å². The zero-order valence-corrected chi connectivity index (χ0v) is 14.2. The summed E-state index contributed by atoms with van der Waals surface area (Å²) in [5, 5.41) is 16.7. The predicted molar refractivity (Wildman–Crippen MR) is 89.3 cm³/mol. The summed E-state index contributed by atoms with van der Waals surface area (Å²) in [6, 6.07) is 7.14. The first-order chi connectivity index (χ1) is 12.1. The number of nitrogens with zero attached hydrogens (tertiary/aromatic N) is 4. The van der Waals surface area contributed by atoms with Crippen molar-refractivity contribution in [2.24, 2.45) is 0 Å². The van der Waals surface area contributed by atoms with Crippen LogP contribution in [0.25, 0.3) is 11.4 Å². The highest BCUT2D eigenvalue weighted by molar-refractivity contribution is 5.92. The van der Waals surface area contributed by atoms with Gasteiger partial charge in [-0.25, -0.2) is 5.06 Å². The minimum atomic E-state index is -0.539. The van der Waals surface area contributed by atoms with Crippen molar-refractivity contribution >= 4 is 11.8 Å². The van der Waals surface area contributed by atoms with Crippen molar-refractivity contribution in [2.75, 3.05) is 27.3 Å². The van der Waals surface area contributed by atoms with Gasteiger partial charge < -0.3 is 10.4 Å². The highest BCUT2D eigenvalue weighted by Gasteiger charge is 2.19. The maximum Gasteiger partial charge on any atom is 0.297 e. The summed E-state index contributed by atoms with van der Waals surface area (Å²) in [4.78, 5) is 32.5. The minimum absolute atomic E-state index is 0.240. The molecule has 0 aliphatic rings. The number of aryl methyl sites for hydroxylation is 1. The molecule has 2 heterocycles. The predicted octanol–water partition coefficient (Wildman–Crippen LogP) is 0.0771. The Labute approximate surface area is 145 Å². The van der Waals surface area contributed by atoms with Crippen molar-refractivity contribution in [3.8, 4) is 11.4 Å². The molecule has 2 N–H and O–H groups in total. The smallest absolute Gasteiger partial charge is 0.297 e. The van der Waals surface area contributed by atoms with Crippen LogP contribution in [-0.4, -0.2) is 64.1 Å². The van der Waals surface area contributed by atoms with Gasteiger partial charge in [0.15, 0.2) is 5.69 Å². The fourth-order valence-electron chi connectivity index (χ4n) is 2.17. The summed E-state index contributed by atoms with van der Waals surface area (Å²) in [6.07, 6.45) is 2.25. The molecule has 9 heteroatoms. The molecule has 2 rings (SSSR count). The van der Waals surface area contributed by atoms with Crippen molar-refractivity contribution in [1.82, 2.24) is 25.1 Å². The fraction of sp³-hybridized carbons (Fsp3) is 0.375. The molecule has 0 saturated heterocycles. The molecule has 0 atom stereocenters. The lowest BCUT2D eigenvalue weighted by Crippen LogP contribution is -2.28. The Morgan fingerprint density at radius 1 is 1.40 bits per heavy atom. The molecule has 25 heavy (non-hydrogen) atoms. The topological polar surface area (TPSA) is 110 Å². The van der Waals surface area contributed by atoms with Crippen molar-refractivity contribution in [3.63, 3.8) is 0 Å². The molecule has 0 unspecified atom stereocenters. The van der Waals surface area contributed by atoms with E-state index in [1.807, 2.05) is 12.1 Å². The van der Waals surface area contributed by atoms with E-state index in [1.54, 1.807) is 23.0 Å². The number of nitrogens with one attached hydrogen (secondary N) is 1. The molecule has 0 radical (unpaired) electrons. The highest BCUT2D eigenvalue weighted by Crippen LogP contribution is 2.19. The van der Waals surface area contributed by atoms with Gasteiger partial charge in [-0.3, -0.25) is 24.1 Å². The van der Waals surface area contributed by atoms with Gasteiger partial charge in [-0.15, -0.1) is 0 Å². The molecular formula is C16H21N5O4. The largest absolute Gasteiger partial charge is 0.387 e. The number of rotatable bonds is 8. The number of aliphatic hydroxyl groups excluding tert-OH is 1. The third-order valence-electron chi connectivity index (χ3n) is 3.50. The quantitative estimate of drug-likeness (QED) is 0.517. The average Bonchev–Trinajstić information content (AvgIpc) is 3.08. The summed E-state index contributed by atoms with van der Waals surface area (Å²) in [7, 11) is 2.91. The van der Waals surface area contributed by atoms with Crippen LogP contribution in [0.5, 0.6) is 0 Å². The Bertz CT molecular complexity index is 717. The van der Waals surface area contributed by atoms with Crippen molar-refractivity contribution < 1.29 is 19.5 Å². The molecule has 2 aromatic heterocycles. The molecule has 2 amide bonds. The molecular weight excluding hydrogens is 326 g/mol. The van der Waals surface area contributed by atoms with E-state index in [4.69, 9.17) is 9.94 Å². The van der Waals surface area contributed by atoms with Crippen LogP contribution in [-0.2, 0) is 16.2 Å². The second-order valence-electron chi connectivity index (χ2n) is 5.20. The van der Waals surface area contributed by atoms with Gasteiger partial charge in [-0.2, -0.15) is 5.10 Å². The first kappa shape index (κ1) is 18.6.